The van der Waals surface area contributed by atoms with Gasteiger partial charge in [-0.05, 0) is 37.1 Å². The molecule has 1 aliphatic heterocycles. The molecule has 0 radical (unpaired) electrons. The average Bonchev–Trinajstić information content (AvgIpc) is 3.23. The topological polar surface area (TPSA) is 59.2 Å². The molecule has 2 aromatic carbocycles. The molecule has 0 spiro atoms. The number of carbonyl (C=O) groups is 1. The number of para-hydroxylation sites is 1. The summed E-state index contributed by atoms with van der Waals surface area (Å²) in [6.45, 7) is 2.06. The number of halogens is 1. The van der Waals surface area contributed by atoms with Crippen LogP contribution in [0, 0.1) is 0 Å². The fraction of sp³-hybridized carbons (Fsp3) is 0.211. The zero-order valence-corrected chi connectivity index (χ0v) is 15.6. The van der Waals surface area contributed by atoms with E-state index in [1.165, 1.54) is 17.3 Å². The third kappa shape index (κ3) is 3.22. The van der Waals surface area contributed by atoms with Gasteiger partial charge in [-0.15, -0.1) is 10.2 Å². The van der Waals surface area contributed by atoms with Gasteiger partial charge in [-0.2, -0.15) is 0 Å². The molecule has 2 heterocycles. The zero-order chi connectivity index (χ0) is 18.1. The van der Waals surface area contributed by atoms with E-state index in [2.05, 4.69) is 23.2 Å². The number of aromatic nitrogens is 2. The highest BCUT2D eigenvalue weighted by Crippen LogP contribution is 2.33. The fourth-order valence-corrected chi connectivity index (χ4v) is 3.99. The summed E-state index contributed by atoms with van der Waals surface area (Å²) < 4.78 is 5.65. The van der Waals surface area contributed by atoms with Gasteiger partial charge in [0.25, 0.3) is 5.22 Å². The van der Waals surface area contributed by atoms with Gasteiger partial charge in [0.15, 0.2) is 0 Å². The molecule has 1 atom stereocenters. The van der Waals surface area contributed by atoms with Crippen LogP contribution in [0.3, 0.4) is 0 Å². The van der Waals surface area contributed by atoms with Gasteiger partial charge in [-0.25, -0.2) is 0 Å². The first-order valence-corrected chi connectivity index (χ1v) is 9.61. The summed E-state index contributed by atoms with van der Waals surface area (Å²) in [5, 5.41) is 8.94. The Balaban J connectivity index is 1.45. The van der Waals surface area contributed by atoms with Gasteiger partial charge in [0.05, 0.1) is 16.3 Å². The molecule has 0 aliphatic carbocycles. The number of thioether (sulfide) groups is 1. The highest BCUT2D eigenvalue weighted by atomic mass is 35.5. The van der Waals surface area contributed by atoms with Gasteiger partial charge in [0.1, 0.15) is 0 Å². The van der Waals surface area contributed by atoms with Gasteiger partial charge in [-0.1, -0.05) is 53.7 Å². The van der Waals surface area contributed by atoms with Crippen molar-refractivity contribution in [2.75, 3.05) is 10.7 Å². The fourth-order valence-electron chi connectivity index (χ4n) is 3.15. The molecule has 0 saturated heterocycles. The van der Waals surface area contributed by atoms with Crippen LogP contribution in [-0.2, 0) is 11.2 Å². The van der Waals surface area contributed by atoms with E-state index in [1.54, 1.807) is 6.07 Å². The number of rotatable bonds is 4. The molecule has 0 bridgehead atoms. The molecular weight excluding hydrogens is 370 g/mol. The monoisotopic (exact) mass is 385 g/mol. The summed E-state index contributed by atoms with van der Waals surface area (Å²) in [5.74, 6) is 0.624. The number of hydrogen-bond acceptors (Lipinski definition) is 5. The SMILES string of the molecule is C[C@@H]1Cc2ccccc2N1C(=O)CSc1nnc(-c2ccccc2Cl)o1. The third-order valence-electron chi connectivity index (χ3n) is 4.31. The summed E-state index contributed by atoms with van der Waals surface area (Å²) in [7, 11) is 0. The van der Waals surface area contributed by atoms with Gasteiger partial charge in [-0.3, -0.25) is 4.79 Å². The van der Waals surface area contributed by atoms with Crippen molar-refractivity contribution in [3.63, 3.8) is 0 Å². The quantitative estimate of drug-likeness (QED) is 0.620. The van der Waals surface area contributed by atoms with Crippen molar-refractivity contribution in [1.82, 2.24) is 10.2 Å². The van der Waals surface area contributed by atoms with Crippen LogP contribution in [0.1, 0.15) is 12.5 Å². The molecule has 1 aromatic heterocycles. The van der Waals surface area contributed by atoms with Crippen LogP contribution < -0.4 is 4.90 Å². The third-order valence-corrected chi connectivity index (χ3v) is 5.44. The Bertz CT molecular complexity index is 959. The standard InChI is InChI=1S/C19H16ClN3O2S/c1-12-10-13-6-2-5-9-16(13)23(12)17(24)11-26-19-22-21-18(25-19)14-7-3-4-8-15(14)20/h2-9,12H,10-11H2,1H3/t12-/m1/s1. The Hall–Kier alpha value is -2.31. The second kappa shape index (κ2) is 7.13. The van der Waals surface area contributed by atoms with E-state index < -0.39 is 0 Å². The number of hydrogen-bond donors (Lipinski definition) is 0. The predicted molar refractivity (Wildman–Crippen MR) is 103 cm³/mol. The maximum atomic E-state index is 12.7. The highest BCUT2D eigenvalue weighted by Gasteiger charge is 2.30. The number of benzene rings is 2. The lowest BCUT2D eigenvalue weighted by Gasteiger charge is -2.22. The van der Waals surface area contributed by atoms with E-state index in [4.69, 9.17) is 16.0 Å². The van der Waals surface area contributed by atoms with Crippen molar-refractivity contribution in [1.29, 1.82) is 0 Å². The van der Waals surface area contributed by atoms with Crippen LogP contribution >= 0.6 is 23.4 Å². The summed E-state index contributed by atoms with van der Waals surface area (Å²) >= 11 is 7.39. The first kappa shape index (κ1) is 17.1. The Morgan fingerprint density at radius 1 is 1.23 bits per heavy atom. The molecule has 4 rings (SSSR count). The van der Waals surface area contributed by atoms with Gasteiger partial charge >= 0.3 is 0 Å². The molecule has 0 fully saturated rings. The predicted octanol–water partition coefficient (Wildman–Crippen LogP) is 4.46. The first-order valence-electron chi connectivity index (χ1n) is 8.24. The number of carbonyl (C=O) groups excluding carboxylic acids is 1. The minimum absolute atomic E-state index is 0.0324. The van der Waals surface area contributed by atoms with Crippen LogP contribution in [0.25, 0.3) is 11.5 Å². The van der Waals surface area contributed by atoms with E-state index in [9.17, 15) is 4.79 Å². The van der Waals surface area contributed by atoms with E-state index in [0.29, 0.717) is 21.7 Å². The Kier molecular flexibility index (Phi) is 4.70. The number of nitrogens with zero attached hydrogens (tertiary/aromatic N) is 3. The summed E-state index contributed by atoms with van der Waals surface area (Å²) in [5.41, 5.74) is 2.88. The molecule has 0 N–H and O–H groups in total. The second-order valence-electron chi connectivity index (χ2n) is 6.09. The average molecular weight is 386 g/mol. The summed E-state index contributed by atoms with van der Waals surface area (Å²) in [6, 6.07) is 15.5. The molecule has 5 nitrogen and oxygen atoms in total. The largest absolute Gasteiger partial charge is 0.411 e. The van der Waals surface area contributed by atoms with Gasteiger partial charge in [0, 0.05) is 11.7 Å². The molecule has 132 valence electrons. The van der Waals surface area contributed by atoms with Crippen molar-refractivity contribution >= 4 is 35.0 Å². The lowest BCUT2D eigenvalue weighted by Crippen LogP contribution is -2.36. The van der Waals surface area contributed by atoms with Crippen LogP contribution in [-0.4, -0.2) is 27.9 Å². The molecule has 1 amide bonds. The van der Waals surface area contributed by atoms with E-state index >= 15 is 0 Å². The van der Waals surface area contributed by atoms with Crippen molar-refractivity contribution in [3.8, 4) is 11.5 Å². The van der Waals surface area contributed by atoms with Crippen LogP contribution in [0.2, 0.25) is 5.02 Å². The molecule has 3 aromatic rings. The van der Waals surface area contributed by atoms with Gasteiger partial charge in [0.2, 0.25) is 11.8 Å². The molecule has 1 aliphatic rings. The summed E-state index contributed by atoms with van der Waals surface area (Å²) in [6.07, 6.45) is 0.879. The first-order chi connectivity index (χ1) is 12.6. The molecular formula is C19H16ClN3O2S. The number of anilines is 1. The maximum absolute atomic E-state index is 12.7. The molecule has 0 saturated carbocycles. The van der Waals surface area contributed by atoms with Crippen LogP contribution in [0.4, 0.5) is 5.69 Å². The van der Waals surface area contributed by atoms with Crippen molar-refractivity contribution < 1.29 is 9.21 Å². The molecule has 7 heteroatoms. The zero-order valence-electron chi connectivity index (χ0n) is 14.1. The van der Waals surface area contributed by atoms with Crippen molar-refractivity contribution in [3.05, 3.63) is 59.1 Å². The van der Waals surface area contributed by atoms with Gasteiger partial charge < -0.3 is 9.32 Å². The minimum atomic E-state index is 0.0324. The molecule has 0 unspecified atom stereocenters. The smallest absolute Gasteiger partial charge is 0.277 e. The lowest BCUT2D eigenvalue weighted by molar-refractivity contribution is -0.116. The number of fused-ring (bicyclic) bond motifs is 1. The van der Waals surface area contributed by atoms with Crippen LogP contribution in [0.15, 0.2) is 58.2 Å². The Morgan fingerprint density at radius 3 is 2.85 bits per heavy atom. The van der Waals surface area contributed by atoms with E-state index in [0.717, 1.165) is 12.1 Å². The Morgan fingerprint density at radius 2 is 2.00 bits per heavy atom. The highest BCUT2D eigenvalue weighted by molar-refractivity contribution is 7.99. The second-order valence-corrected chi connectivity index (χ2v) is 7.42. The van der Waals surface area contributed by atoms with Crippen molar-refractivity contribution in [2.45, 2.75) is 24.6 Å². The lowest BCUT2D eigenvalue weighted by atomic mass is 10.1. The molecule has 26 heavy (non-hydrogen) atoms. The number of amides is 1. The van der Waals surface area contributed by atoms with Crippen LogP contribution in [0.5, 0.6) is 0 Å². The normalized spacial score (nSPS) is 15.9. The Labute approximate surface area is 160 Å². The van der Waals surface area contributed by atoms with E-state index in [1.807, 2.05) is 41.3 Å². The van der Waals surface area contributed by atoms with E-state index in [-0.39, 0.29) is 17.7 Å². The maximum Gasteiger partial charge on any atom is 0.277 e. The summed E-state index contributed by atoms with van der Waals surface area (Å²) in [4.78, 5) is 14.6. The van der Waals surface area contributed by atoms with Crippen molar-refractivity contribution in [2.24, 2.45) is 0 Å². The minimum Gasteiger partial charge on any atom is -0.411 e.